The highest BCUT2D eigenvalue weighted by atomic mass is 16.4. The summed E-state index contributed by atoms with van der Waals surface area (Å²) in [7, 11) is 0. The molecule has 66 heavy (non-hydrogen) atoms. The van der Waals surface area contributed by atoms with Crippen molar-refractivity contribution in [3.8, 4) is 0 Å². The van der Waals surface area contributed by atoms with Crippen LogP contribution in [0.15, 0.2) is 226 Å². The largest absolute Gasteiger partial charge is 0.452 e. The lowest BCUT2D eigenvalue weighted by molar-refractivity contribution is 0.633. The normalized spacial score (nSPS) is 15.5. The zero-order valence-electron chi connectivity index (χ0n) is 36.1. The summed E-state index contributed by atoms with van der Waals surface area (Å²) in [6, 6.07) is 59.7. The molecular weight excluding hydrogens is 805 g/mol. The van der Waals surface area contributed by atoms with Gasteiger partial charge in [-0.3, -0.25) is 0 Å². The third-order valence-electron chi connectivity index (χ3n) is 14.1. The number of furan rings is 2. The quantitative estimate of drug-likeness (QED) is 0.167. The minimum absolute atomic E-state index is 0.330. The molecule has 4 nitrogen and oxygen atoms in total. The second-order valence-corrected chi connectivity index (χ2v) is 18.0. The number of anilines is 5. The molecule has 4 heteroatoms. The molecule has 9 aromatic carbocycles. The monoisotopic (exact) mass is 846 g/mol. The van der Waals surface area contributed by atoms with Crippen LogP contribution in [0.5, 0.6) is 0 Å². The summed E-state index contributed by atoms with van der Waals surface area (Å²) in [6.07, 6.45) is 20.9. The van der Waals surface area contributed by atoms with E-state index in [0.29, 0.717) is 5.92 Å². The van der Waals surface area contributed by atoms with E-state index in [0.717, 1.165) is 102 Å². The molecule has 11 aromatic rings. The SMILES string of the molecule is C1=CC2=CC=C(N(c3ccc4ccccc4c3)c3ccc4c(c3)oc3c5oc6cc(N(c7ccc8c(c7)CCC=C8)c7ccc8ccccc8c7)ccc6c5c5ccccc5c43)CC2C=C1. The molecule has 0 saturated heterocycles. The Hall–Kier alpha value is -8.34. The molecule has 0 radical (unpaired) electrons. The minimum Gasteiger partial charge on any atom is -0.452 e. The standard InChI is InChI=1S/C62H42N2O2/c1-5-15-43-33-47(25-21-39(43)11-1)63(48-26-22-40-12-2-6-16-44(40)34-48)51-29-31-55-57(37-51)65-61-59(55)53-19-9-10-20-54(53)60-56-32-30-52(38-58(56)66-62(60)61)64(49-27-23-41-13-3-7-17-45(41)35-49)50-28-24-42-14-4-8-18-46(42)36-50/h1-7,9-17,19-33,35-38,44H,8,18,34H2. The van der Waals surface area contributed by atoms with Gasteiger partial charge in [-0.15, -0.1) is 0 Å². The maximum absolute atomic E-state index is 7.10. The van der Waals surface area contributed by atoms with E-state index >= 15 is 0 Å². The Labute approximate surface area is 381 Å². The summed E-state index contributed by atoms with van der Waals surface area (Å²) in [5.41, 5.74) is 13.9. The number of rotatable bonds is 6. The van der Waals surface area contributed by atoms with E-state index in [1.807, 2.05) is 0 Å². The van der Waals surface area contributed by atoms with Crippen LogP contribution < -0.4 is 9.80 Å². The Bertz CT molecular complexity index is 4000. The fraction of sp³-hybridized carbons (Fsp3) is 0.0645. The van der Waals surface area contributed by atoms with Crippen LogP contribution in [0.25, 0.3) is 82.3 Å². The fourth-order valence-electron chi connectivity index (χ4n) is 11.0. The van der Waals surface area contributed by atoms with Gasteiger partial charge in [0.2, 0.25) is 0 Å². The van der Waals surface area contributed by atoms with Gasteiger partial charge < -0.3 is 18.6 Å². The first-order chi connectivity index (χ1) is 32.7. The molecule has 0 bridgehead atoms. The van der Waals surface area contributed by atoms with E-state index in [1.165, 1.54) is 43.9 Å². The maximum atomic E-state index is 7.10. The lowest BCUT2D eigenvalue weighted by Crippen LogP contribution is -2.21. The molecule has 0 N–H and O–H groups in total. The lowest BCUT2D eigenvalue weighted by Gasteiger charge is -2.32. The van der Waals surface area contributed by atoms with Crippen LogP contribution in [-0.4, -0.2) is 0 Å². The smallest absolute Gasteiger partial charge is 0.179 e. The topological polar surface area (TPSA) is 32.8 Å². The molecular formula is C62H42N2O2. The number of allylic oxidation sites excluding steroid dienone is 9. The maximum Gasteiger partial charge on any atom is 0.179 e. The highest BCUT2D eigenvalue weighted by Crippen LogP contribution is 2.48. The van der Waals surface area contributed by atoms with E-state index in [-0.39, 0.29) is 0 Å². The predicted molar refractivity (Wildman–Crippen MR) is 277 cm³/mol. The predicted octanol–water partition coefficient (Wildman–Crippen LogP) is 17.5. The number of aryl methyl sites for hydroxylation is 1. The van der Waals surface area contributed by atoms with Crippen molar-refractivity contribution in [2.24, 2.45) is 5.92 Å². The zero-order chi connectivity index (χ0) is 43.3. The number of nitrogens with zero attached hydrogens (tertiary/aromatic N) is 2. The summed E-state index contributed by atoms with van der Waals surface area (Å²) in [6.45, 7) is 0. The van der Waals surface area contributed by atoms with E-state index in [2.05, 4.69) is 222 Å². The van der Waals surface area contributed by atoms with Gasteiger partial charge in [0.15, 0.2) is 11.2 Å². The number of hydrogen-bond acceptors (Lipinski definition) is 4. The van der Waals surface area contributed by atoms with Crippen molar-refractivity contribution in [1.29, 1.82) is 0 Å². The molecule has 0 spiro atoms. The van der Waals surface area contributed by atoms with Crippen LogP contribution in [-0.2, 0) is 6.42 Å². The third-order valence-corrected chi connectivity index (χ3v) is 14.1. The van der Waals surface area contributed by atoms with Crippen molar-refractivity contribution in [3.63, 3.8) is 0 Å². The molecule has 2 heterocycles. The minimum atomic E-state index is 0.330. The molecule has 0 amide bonds. The van der Waals surface area contributed by atoms with Crippen molar-refractivity contribution >= 4 is 111 Å². The van der Waals surface area contributed by atoms with Crippen molar-refractivity contribution in [2.45, 2.75) is 19.3 Å². The van der Waals surface area contributed by atoms with Gasteiger partial charge in [0.05, 0.1) is 0 Å². The fourth-order valence-corrected chi connectivity index (χ4v) is 11.0. The van der Waals surface area contributed by atoms with Gasteiger partial charge in [0, 0.05) is 73.7 Å². The van der Waals surface area contributed by atoms with Crippen LogP contribution in [0.2, 0.25) is 0 Å². The second kappa shape index (κ2) is 14.6. The zero-order valence-corrected chi connectivity index (χ0v) is 36.1. The van der Waals surface area contributed by atoms with Gasteiger partial charge in [0.25, 0.3) is 0 Å². The molecule has 14 rings (SSSR count). The lowest BCUT2D eigenvalue weighted by atomic mass is 9.86. The van der Waals surface area contributed by atoms with Crippen molar-refractivity contribution < 1.29 is 8.83 Å². The van der Waals surface area contributed by atoms with Crippen LogP contribution in [0.4, 0.5) is 28.4 Å². The summed E-state index contributed by atoms with van der Waals surface area (Å²) in [4.78, 5) is 4.78. The van der Waals surface area contributed by atoms with Gasteiger partial charge in [-0.2, -0.15) is 0 Å². The van der Waals surface area contributed by atoms with E-state index in [1.54, 1.807) is 0 Å². The molecule has 0 saturated carbocycles. The second-order valence-electron chi connectivity index (χ2n) is 18.0. The molecule has 1 atom stereocenters. The highest BCUT2D eigenvalue weighted by molar-refractivity contribution is 6.33. The molecule has 1 unspecified atom stereocenters. The number of fused-ring (bicyclic) bond motifs is 14. The third kappa shape index (κ3) is 5.85. The molecule has 0 fully saturated rings. The van der Waals surface area contributed by atoms with Crippen LogP contribution in [0.3, 0.4) is 0 Å². The first-order valence-electron chi connectivity index (χ1n) is 23.0. The average molecular weight is 847 g/mol. The molecule has 2 aromatic heterocycles. The first-order valence-corrected chi connectivity index (χ1v) is 23.0. The van der Waals surface area contributed by atoms with Crippen molar-refractivity contribution in [1.82, 2.24) is 0 Å². The van der Waals surface area contributed by atoms with Crippen LogP contribution >= 0.6 is 0 Å². The van der Waals surface area contributed by atoms with Gasteiger partial charge in [-0.1, -0.05) is 134 Å². The van der Waals surface area contributed by atoms with Gasteiger partial charge in [-0.05, 0) is 135 Å². The first kappa shape index (κ1) is 37.1. The summed E-state index contributed by atoms with van der Waals surface area (Å²) in [5, 5.41) is 11.4. The summed E-state index contributed by atoms with van der Waals surface area (Å²) >= 11 is 0. The van der Waals surface area contributed by atoms with E-state index in [4.69, 9.17) is 8.83 Å². The Morgan fingerprint density at radius 1 is 0.455 bits per heavy atom. The summed E-state index contributed by atoms with van der Waals surface area (Å²) < 4.78 is 14.2. The molecule has 0 aliphatic heterocycles. The van der Waals surface area contributed by atoms with Gasteiger partial charge in [0.1, 0.15) is 11.2 Å². The number of hydrogen-bond donors (Lipinski definition) is 0. The Kier molecular flexibility index (Phi) is 8.20. The Morgan fingerprint density at radius 3 is 1.70 bits per heavy atom. The Balaban J connectivity index is 0.953. The van der Waals surface area contributed by atoms with Gasteiger partial charge >= 0.3 is 0 Å². The summed E-state index contributed by atoms with van der Waals surface area (Å²) in [5.74, 6) is 0.330. The van der Waals surface area contributed by atoms with Crippen LogP contribution in [0, 0.1) is 5.92 Å². The number of benzene rings is 9. The van der Waals surface area contributed by atoms with Crippen molar-refractivity contribution in [2.75, 3.05) is 9.80 Å². The van der Waals surface area contributed by atoms with Gasteiger partial charge in [-0.25, -0.2) is 0 Å². The Morgan fingerprint density at radius 2 is 1.02 bits per heavy atom. The van der Waals surface area contributed by atoms with Crippen LogP contribution in [0.1, 0.15) is 24.0 Å². The average Bonchev–Trinajstić information content (AvgIpc) is 3.96. The van der Waals surface area contributed by atoms with E-state index < -0.39 is 0 Å². The van der Waals surface area contributed by atoms with E-state index in [9.17, 15) is 0 Å². The molecule has 312 valence electrons. The van der Waals surface area contributed by atoms with Crippen molar-refractivity contribution in [3.05, 3.63) is 229 Å². The molecule has 3 aliphatic carbocycles. The molecule has 3 aliphatic rings. The highest BCUT2D eigenvalue weighted by Gasteiger charge is 2.26.